The van der Waals surface area contributed by atoms with Crippen LogP contribution < -0.4 is 9.47 Å². The van der Waals surface area contributed by atoms with Crippen molar-refractivity contribution in [1.82, 2.24) is 0 Å². The number of benzene rings is 2. The Bertz CT molecular complexity index is 674. The molecule has 2 aromatic carbocycles. The molecule has 2 rings (SSSR count). The summed E-state index contributed by atoms with van der Waals surface area (Å²) in [5, 5.41) is 10.6. The number of hydrogen-bond donors (Lipinski definition) is 0. The molecule has 0 N–H and O–H groups in total. The number of nitrogens with zero attached hydrogens (tertiary/aromatic N) is 1. The molecule has 0 amide bonds. The molecule has 0 saturated carbocycles. The van der Waals surface area contributed by atoms with Gasteiger partial charge in [0.15, 0.2) is 6.61 Å². The molecule has 21 heavy (non-hydrogen) atoms. The van der Waals surface area contributed by atoms with Crippen LogP contribution in [0.15, 0.2) is 48.5 Å². The molecule has 0 aliphatic rings. The molecular formula is C14H10FNO5. The maximum Gasteiger partial charge on any atom is 0.349 e. The van der Waals surface area contributed by atoms with Gasteiger partial charge < -0.3 is 9.47 Å². The fourth-order valence-electron chi connectivity index (χ4n) is 1.52. The Morgan fingerprint density at radius 2 is 1.86 bits per heavy atom. The van der Waals surface area contributed by atoms with Gasteiger partial charge in [0.25, 0.3) is 5.69 Å². The summed E-state index contributed by atoms with van der Waals surface area (Å²) in [6.45, 7) is -0.438. The van der Waals surface area contributed by atoms with Crippen LogP contribution in [0.2, 0.25) is 0 Å². The van der Waals surface area contributed by atoms with Gasteiger partial charge in [0.05, 0.1) is 11.0 Å². The van der Waals surface area contributed by atoms with E-state index in [0.717, 1.165) is 12.1 Å². The average Bonchev–Trinajstić information content (AvgIpc) is 2.45. The maximum atomic E-state index is 12.9. The van der Waals surface area contributed by atoms with Crippen LogP contribution in [0.1, 0.15) is 0 Å². The first-order chi connectivity index (χ1) is 10.0. The van der Waals surface area contributed by atoms with Crippen LogP contribution in [0, 0.1) is 15.9 Å². The van der Waals surface area contributed by atoms with Gasteiger partial charge in [-0.2, -0.15) is 0 Å². The summed E-state index contributed by atoms with van der Waals surface area (Å²) in [5.41, 5.74) is -0.189. The van der Waals surface area contributed by atoms with Crippen LogP contribution in [-0.2, 0) is 4.79 Å². The van der Waals surface area contributed by atoms with E-state index in [1.807, 2.05) is 0 Å². The predicted octanol–water partition coefficient (Wildman–Crippen LogP) is 2.72. The van der Waals surface area contributed by atoms with Crippen molar-refractivity contribution in [2.24, 2.45) is 0 Å². The molecule has 7 heteroatoms. The fourth-order valence-corrected chi connectivity index (χ4v) is 1.52. The number of esters is 1. The van der Waals surface area contributed by atoms with E-state index in [-0.39, 0.29) is 17.2 Å². The number of carbonyl (C=O) groups excluding carboxylic acids is 1. The molecule has 6 nitrogen and oxygen atoms in total. The van der Waals surface area contributed by atoms with Crippen molar-refractivity contribution < 1.29 is 23.6 Å². The number of nitro benzene ring substituents is 1. The molecule has 0 spiro atoms. The molecule has 108 valence electrons. The minimum absolute atomic E-state index is 0.0389. The van der Waals surface area contributed by atoms with Gasteiger partial charge in [-0.3, -0.25) is 10.1 Å². The number of rotatable bonds is 5. The van der Waals surface area contributed by atoms with Crippen LogP contribution in [0.3, 0.4) is 0 Å². The third-order valence-electron chi connectivity index (χ3n) is 2.41. The van der Waals surface area contributed by atoms with Gasteiger partial charge in [0.1, 0.15) is 17.3 Å². The summed E-state index contributed by atoms with van der Waals surface area (Å²) in [7, 11) is 0. The molecule has 0 saturated heterocycles. The molecule has 0 heterocycles. The standard InChI is InChI=1S/C14H10FNO5/c15-10-3-1-5-12(7-10)20-9-14(17)21-13-6-2-4-11(8-13)16(18)19/h1-8H,9H2. The summed E-state index contributed by atoms with van der Waals surface area (Å²) in [6, 6.07) is 10.5. The zero-order chi connectivity index (χ0) is 15.2. The number of halogens is 1. The first kappa shape index (κ1) is 14.4. The Kier molecular flexibility index (Phi) is 4.45. The average molecular weight is 291 g/mol. The number of carbonyl (C=O) groups is 1. The molecular weight excluding hydrogens is 281 g/mol. The van der Waals surface area contributed by atoms with Gasteiger partial charge in [0, 0.05) is 12.1 Å². The number of hydrogen-bond acceptors (Lipinski definition) is 5. The lowest BCUT2D eigenvalue weighted by atomic mass is 10.3. The Morgan fingerprint density at radius 1 is 1.14 bits per heavy atom. The molecule has 2 aromatic rings. The highest BCUT2D eigenvalue weighted by Crippen LogP contribution is 2.19. The van der Waals surface area contributed by atoms with Crippen molar-refractivity contribution >= 4 is 11.7 Å². The second-order valence-corrected chi connectivity index (χ2v) is 3.97. The summed E-state index contributed by atoms with van der Waals surface area (Å²) in [4.78, 5) is 21.5. The van der Waals surface area contributed by atoms with Crippen molar-refractivity contribution in [3.8, 4) is 11.5 Å². The topological polar surface area (TPSA) is 78.7 Å². The lowest BCUT2D eigenvalue weighted by molar-refractivity contribution is -0.384. The van der Waals surface area contributed by atoms with E-state index in [9.17, 15) is 19.3 Å². The van der Waals surface area contributed by atoms with Gasteiger partial charge in [-0.15, -0.1) is 0 Å². The molecule has 0 aliphatic heterocycles. The SMILES string of the molecule is O=C(COc1cccc(F)c1)Oc1cccc([N+](=O)[O-])c1. The normalized spacial score (nSPS) is 9.95. The molecule has 0 unspecified atom stereocenters. The summed E-state index contributed by atoms with van der Waals surface area (Å²) in [5.74, 6) is -1.01. The minimum Gasteiger partial charge on any atom is -0.482 e. The molecule has 0 fully saturated rings. The third kappa shape index (κ3) is 4.27. The third-order valence-corrected chi connectivity index (χ3v) is 2.41. The number of nitro groups is 1. The lowest BCUT2D eigenvalue weighted by Crippen LogP contribution is -2.17. The minimum atomic E-state index is -0.750. The van der Waals surface area contributed by atoms with Crippen molar-refractivity contribution in [2.75, 3.05) is 6.61 Å². The van der Waals surface area contributed by atoms with E-state index >= 15 is 0 Å². The van der Waals surface area contributed by atoms with Gasteiger partial charge >= 0.3 is 5.97 Å². The molecule has 0 atom stereocenters. The highest BCUT2D eigenvalue weighted by Gasteiger charge is 2.10. The molecule has 0 bridgehead atoms. The second kappa shape index (κ2) is 6.47. The Hall–Kier alpha value is -2.96. The van der Waals surface area contributed by atoms with E-state index in [4.69, 9.17) is 9.47 Å². The van der Waals surface area contributed by atoms with Crippen molar-refractivity contribution in [1.29, 1.82) is 0 Å². The molecule has 0 aliphatic carbocycles. The number of non-ortho nitro benzene ring substituents is 1. The Morgan fingerprint density at radius 3 is 2.57 bits per heavy atom. The van der Waals surface area contributed by atoms with E-state index in [1.54, 1.807) is 0 Å². The smallest absolute Gasteiger partial charge is 0.349 e. The van der Waals surface area contributed by atoms with Gasteiger partial charge in [-0.1, -0.05) is 12.1 Å². The van der Waals surface area contributed by atoms with Gasteiger partial charge in [-0.05, 0) is 18.2 Å². The van der Waals surface area contributed by atoms with Crippen molar-refractivity contribution in [2.45, 2.75) is 0 Å². The summed E-state index contributed by atoms with van der Waals surface area (Å²) >= 11 is 0. The van der Waals surface area contributed by atoms with Crippen LogP contribution in [0.25, 0.3) is 0 Å². The Balaban J connectivity index is 1.93. The summed E-state index contributed by atoms with van der Waals surface area (Å²) in [6.07, 6.45) is 0. The van der Waals surface area contributed by atoms with Gasteiger partial charge in [-0.25, -0.2) is 9.18 Å². The van der Waals surface area contributed by atoms with Crippen LogP contribution in [-0.4, -0.2) is 17.5 Å². The van der Waals surface area contributed by atoms with E-state index in [0.29, 0.717) is 0 Å². The predicted molar refractivity (Wildman–Crippen MR) is 70.6 cm³/mol. The quantitative estimate of drug-likeness (QED) is 0.366. The van der Waals surface area contributed by atoms with Crippen molar-refractivity contribution in [3.05, 3.63) is 64.5 Å². The monoisotopic (exact) mass is 291 g/mol. The zero-order valence-electron chi connectivity index (χ0n) is 10.7. The zero-order valence-corrected chi connectivity index (χ0v) is 10.7. The molecule has 0 radical (unpaired) electrons. The van der Waals surface area contributed by atoms with Crippen molar-refractivity contribution in [3.63, 3.8) is 0 Å². The summed E-state index contributed by atoms with van der Waals surface area (Å²) < 4.78 is 22.8. The highest BCUT2D eigenvalue weighted by molar-refractivity contribution is 5.74. The molecule has 0 aromatic heterocycles. The van der Waals surface area contributed by atoms with Crippen LogP contribution in [0.4, 0.5) is 10.1 Å². The highest BCUT2D eigenvalue weighted by atomic mass is 19.1. The van der Waals surface area contributed by atoms with E-state index in [2.05, 4.69) is 0 Å². The maximum absolute atomic E-state index is 12.9. The number of ether oxygens (including phenoxy) is 2. The largest absolute Gasteiger partial charge is 0.482 e. The Labute approximate surface area is 118 Å². The second-order valence-electron chi connectivity index (χ2n) is 3.97. The van der Waals surface area contributed by atoms with Crippen LogP contribution in [0.5, 0.6) is 11.5 Å². The first-order valence-corrected chi connectivity index (χ1v) is 5.88. The first-order valence-electron chi connectivity index (χ1n) is 5.88. The van der Waals surface area contributed by atoms with Crippen LogP contribution >= 0.6 is 0 Å². The fraction of sp³-hybridized carbons (Fsp3) is 0.0714. The lowest BCUT2D eigenvalue weighted by Gasteiger charge is -2.06. The van der Waals surface area contributed by atoms with E-state index in [1.165, 1.54) is 36.4 Å². The van der Waals surface area contributed by atoms with E-state index < -0.39 is 23.3 Å². The van der Waals surface area contributed by atoms with Gasteiger partial charge in [0.2, 0.25) is 0 Å².